The molecule has 1 aromatic carbocycles. The van der Waals surface area contributed by atoms with E-state index in [-0.39, 0.29) is 35.6 Å². The van der Waals surface area contributed by atoms with Gasteiger partial charge in [-0.3, -0.25) is 4.79 Å². The van der Waals surface area contributed by atoms with Gasteiger partial charge in [-0.25, -0.2) is 8.42 Å². The van der Waals surface area contributed by atoms with Crippen molar-refractivity contribution in [3.05, 3.63) is 35.5 Å². The second kappa shape index (κ2) is 8.90. The van der Waals surface area contributed by atoms with E-state index >= 15 is 0 Å². The van der Waals surface area contributed by atoms with Gasteiger partial charge in [0.1, 0.15) is 22.0 Å². The van der Waals surface area contributed by atoms with Crippen molar-refractivity contribution in [3.8, 4) is 11.4 Å². The van der Waals surface area contributed by atoms with E-state index in [0.717, 1.165) is 0 Å². The molecular formula is C20H25N7O5S. The number of nitrogens with zero attached hydrogens (tertiary/aromatic N) is 6. The summed E-state index contributed by atoms with van der Waals surface area (Å²) in [6.07, 6.45) is 0.813. The van der Waals surface area contributed by atoms with Crippen molar-refractivity contribution in [2.24, 2.45) is 5.92 Å². The molecule has 3 aromatic rings. The number of aromatic nitrogens is 5. The number of carbonyl (C=O) groups is 1. The van der Waals surface area contributed by atoms with Crippen molar-refractivity contribution in [1.82, 2.24) is 29.7 Å². The third-order valence-corrected chi connectivity index (χ3v) is 7.83. The van der Waals surface area contributed by atoms with Gasteiger partial charge in [-0.05, 0) is 62.2 Å². The molecule has 0 spiro atoms. The van der Waals surface area contributed by atoms with Crippen LogP contribution in [0.1, 0.15) is 30.1 Å². The Morgan fingerprint density at radius 3 is 2.52 bits per heavy atom. The van der Waals surface area contributed by atoms with Crippen molar-refractivity contribution in [2.75, 3.05) is 25.5 Å². The van der Waals surface area contributed by atoms with E-state index in [1.165, 1.54) is 8.99 Å². The standard InChI is InChI=1S/C20H25N7O5S/c1-12-19(13(2)32-23-12)33(29,30)26-9-7-15(8-10-26)20(28)21-16-5-6-18(31-4)17(11-16)27-14(3)22-24-25-27/h5-6,11,15H,7-10H2,1-4H3,(H,21,28). The molecular weight excluding hydrogens is 450 g/mol. The van der Waals surface area contributed by atoms with E-state index in [1.807, 2.05) is 0 Å². The fourth-order valence-corrected chi connectivity index (χ4v) is 5.72. The average molecular weight is 476 g/mol. The van der Waals surface area contributed by atoms with Crippen molar-refractivity contribution >= 4 is 21.6 Å². The van der Waals surface area contributed by atoms with Crippen LogP contribution in [0, 0.1) is 26.7 Å². The van der Waals surface area contributed by atoms with Crippen LogP contribution >= 0.6 is 0 Å². The molecule has 1 aliphatic heterocycles. The highest BCUT2D eigenvalue weighted by Gasteiger charge is 2.35. The molecule has 0 aliphatic carbocycles. The molecule has 1 N–H and O–H groups in total. The Kier molecular flexibility index (Phi) is 6.17. The molecule has 1 aliphatic rings. The Morgan fingerprint density at radius 2 is 1.94 bits per heavy atom. The zero-order valence-electron chi connectivity index (χ0n) is 18.8. The van der Waals surface area contributed by atoms with Crippen molar-refractivity contribution in [3.63, 3.8) is 0 Å². The number of anilines is 1. The highest BCUT2D eigenvalue weighted by molar-refractivity contribution is 7.89. The number of amides is 1. The number of sulfonamides is 1. The summed E-state index contributed by atoms with van der Waals surface area (Å²) in [5.41, 5.74) is 1.50. The van der Waals surface area contributed by atoms with Gasteiger partial charge >= 0.3 is 0 Å². The predicted molar refractivity (Wildman–Crippen MR) is 117 cm³/mol. The van der Waals surface area contributed by atoms with Crippen LogP contribution in [0.5, 0.6) is 5.75 Å². The molecule has 1 saturated heterocycles. The quantitative estimate of drug-likeness (QED) is 0.562. The Bertz CT molecular complexity index is 1260. The number of tetrazole rings is 1. The maximum atomic E-state index is 13.0. The van der Waals surface area contributed by atoms with Gasteiger partial charge in [-0.1, -0.05) is 5.16 Å². The van der Waals surface area contributed by atoms with Gasteiger partial charge in [0.15, 0.2) is 11.6 Å². The number of aryl methyl sites for hydroxylation is 3. The molecule has 2 aromatic heterocycles. The highest BCUT2D eigenvalue weighted by Crippen LogP contribution is 2.30. The van der Waals surface area contributed by atoms with Crippen LogP contribution < -0.4 is 10.1 Å². The number of methoxy groups -OCH3 is 1. The normalized spacial score (nSPS) is 15.5. The van der Waals surface area contributed by atoms with Crippen LogP contribution in [0.15, 0.2) is 27.6 Å². The Morgan fingerprint density at radius 1 is 1.21 bits per heavy atom. The summed E-state index contributed by atoms with van der Waals surface area (Å²) in [5, 5.41) is 18.2. The van der Waals surface area contributed by atoms with Crippen LogP contribution in [0.25, 0.3) is 5.69 Å². The SMILES string of the molecule is COc1ccc(NC(=O)C2CCN(S(=O)(=O)c3c(C)noc3C)CC2)cc1-n1nnnc1C. The second-order valence-electron chi connectivity index (χ2n) is 7.85. The lowest BCUT2D eigenvalue weighted by molar-refractivity contribution is -0.120. The number of carbonyl (C=O) groups excluding carboxylic acids is 1. The monoisotopic (exact) mass is 475 g/mol. The van der Waals surface area contributed by atoms with Gasteiger partial charge in [0, 0.05) is 24.7 Å². The number of piperidine rings is 1. The van der Waals surface area contributed by atoms with Gasteiger partial charge in [0.05, 0.1) is 7.11 Å². The summed E-state index contributed by atoms with van der Waals surface area (Å²) in [6.45, 7) is 5.41. The molecule has 33 heavy (non-hydrogen) atoms. The maximum absolute atomic E-state index is 13.0. The predicted octanol–water partition coefficient (Wildman–Crippen LogP) is 1.62. The summed E-state index contributed by atoms with van der Waals surface area (Å²) in [5.74, 6) is 0.903. The van der Waals surface area contributed by atoms with Gasteiger partial charge < -0.3 is 14.6 Å². The number of benzene rings is 1. The van der Waals surface area contributed by atoms with Crippen LogP contribution in [-0.4, -0.2) is 64.2 Å². The summed E-state index contributed by atoms with van der Waals surface area (Å²) < 4.78 is 39.3. The maximum Gasteiger partial charge on any atom is 0.248 e. The number of hydrogen-bond acceptors (Lipinski definition) is 9. The smallest absolute Gasteiger partial charge is 0.248 e. The van der Waals surface area contributed by atoms with Gasteiger partial charge in [-0.2, -0.15) is 8.99 Å². The molecule has 0 saturated carbocycles. The first kappa shape index (κ1) is 22.9. The summed E-state index contributed by atoms with van der Waals surface area (Å²) in [4.78, 5) is 13.0. The molecule has 3 heterocycles. The molecule has 4 rings (SSSR count). The van der Waals surface area contributed by atoms with Crippen molar-refractivity contribution < 1.29 is 22.5 Å². The first-order chi connectivity index (χ1) is 15.7. The van der Waals surface area contributed by atoms with E-state index in [1.54, 1.807) is 46.1 Å². The molecule has 176 valence electrons. The fourth-order valence-electron chi connectivity index (χ4n) is 3.96. The molecule has 12 nitrogen and oxygen atoms in total. The Hall–Kier alpha value is -3.32. The molecule has 0 atom stereocenters. The van der Waals surface area contributed by atoms with Crippen LogP contribution in [0.2, 0.25) is 0 Å². The Balaban J connectivity index is 1.44. The van der Waals surface area contributed by atoms with Gasteiger partial charge in [0.25, 0.3) is 0 Å². The minimum atomic E-state index is -3.72. The number of ether oxygens (including phenoxy) is 1. The van der Waals surface area contributed by atoms with Crippen LogP contribution in [0.4, 0.5) is 5.69 Å². The van der Waals surface area contributed by atoms with Crippen LogP contribution in [0.3, 0.4) is 0 Å². The number of rotatable bonds is 6. The molecule has 13 heteroatoms. The van der Waals surface area contributed by atoms with Gasteiger partial charge in [0.2, 0.25) is 15.9 Å². The van der Waals surface area contributed by atoms with E-state index in [9.17, 15) is 13.2 Å². The minimum absolute atomic E-state index is 0.106. The molecule has 1 fully saturated rings. The first-order valence-corrected chi connectivity index (χ1v) is 11.8. The zero-order chi connectivity index (χ0) is 23.8. The lowest BCUT2D eigenvalue weighted by Crippen LogP contribution is -2.41. The van der Waals surface area contributed by atoms with E-state index in [4.69, 9.17) is 9.26 Å². The molecule has 1 amide bonds. The third kappa shape index (κ3) is 4.33. The van der Waals surface area contributed by atoms with Gasteiger partial charge in [-0.15, -0.1) is 5.10 Å². The van der Waals surface area contributed by atoms with E-state index in [2.05, 4.69) is 26.0 Å². The molecule has 0 radical (unpaired) electrons. The van der Waals surface area contributed by atoms with E-state index < -0.39 is 10.0 Å². The average Bonchev–Trinajstić information content (AvgIpc) is 3.38. The first-order valence-electron chi connectivity index (χ1n) is 10.4. The number of nitrogens with one attached hydrogen (secondary N) is 1. The molecule has 0 bridgehead atoms. The third-order valence-electron chi connectivity index (χ3n) is 5.69. The largest absolute Gasteiger partial charge is 0.494 e. The molecule has 0 unspecified atom stereocenters. The number of hydrogen-bond donors (Lipinski definition) is 1. The lowest BCUT2D eigenvalue weighted by atomic mass is 9.97. The summed E-state index contributed by atoms with van der Waals surface area (Å²) >= 11 is 0. The Labute approximate surface area is 190 Å². The van der Waals surface area contributed by atoms with Crippen molar-refractivity contribution in [2.45, 2.75) is 38.5 Å². The van der Waals surface area contributed by atoms with Crippen molar-refractivity contribution in [1.29, 1.82) is 0 Å². The zero-order valence-corrected chi connectivity index (χ0v) is 19.6. The highest BCUT2D eigenvalue weighted by atomic mass is 32.2. The minimum Gasteiger partial charge on any atom is -0.494 e. The fraction of sp³-hybridized carbons (Fsp3) is 0.450. The summed E-state index contributed by atoms with van der Waals surface area (Å²) in [6, 6.07) is 5.19. The van der Waals surface area contributed by atoms with Crippen LogP contribution in [-0.2, 0) is 14.8 Å². The lowest BCUT2D eigenvalue weighted by Gasteiger charge is -2.30. The second-order valence-corrected chi connectivity index (χ2v) is 9.72. The summed E-state index contributed by atoms with van der Waals surface area (Å²) in [7, 11) is -2.18. The van der Waals surface area contributed by atoms with E-state index in [0.29, 0.717) is 41.5 Å². The topological polar surface area (TPSA) is 145 Å².